The molecule has 2 aromatic heterocycles. The highest BCUT2D eigenvalue weighted by Gasteiger charge is 2.04. The Balaban J connectivity index is 0.00000144. The van der Waals surface area contributed by atoms with Crippen LogP contribution in [0.1, 0.15) is 0 Å². The van der Waals surface area contributed by atoms with Crippen LogP contribution in [-0.4, -0.2) is 22.3 Å². The Bertz CT molecular complexity index is 516. The molecule has 100 valence electrons. The van der Waals surface area contributed by atoms with Crippen molar-refractivity contribution in [3.8, 4) is 10.6 Å². The summed E-state index contributed by atoms with van der Waals surface area (Å²) in [5.41, 5.74) is 6.00. The summed E-state index contributed by atoms with van der Waals surface area (Å²) in [7, 11) is 0. The van der Waals surface area contributed by atoms with Gasteiger partial charge in [-0.05, 0) is 11.4 Å². The lowest BCUT2D eigenvalue weighted by atomic mass is 10.3. The molecule has 0 aliphatic carbocycles. The van der Waals surface area contributed by atoms with Gasteiger partial charge in [-0.25, -0.2) is 4.98 Å². The summed E-state index contributed by atoms with van der Waals surface area (Å²) in [5, 5.41) is 2.59. The summed E-state index contributed by atoms with van der Waals surface area (Å²) >= 11 is 3.03. The van der Waals surface area contributed by atoms with Crippen molar-refractivity contribution in [3.63, 3.8) is 0 Å². The van der Waals surface area contributed by atoms with E-state index in [4.69, 9.17) is 5.73 Å². The zero-order chi connectivity index (χ0) is 11.4. The number of rotatable bonds is 4. The van der Waals surface area contributed by atoms with Gasteiger partial charge in [-0.3, -0.25) is 4.79 Å². The molecule has 0 atom stereocenters. The maximum Gasteiger partial charge on any atom is 0.252 e. The first kappa shape index (κ1) is 17.5. The van der Waals surface area contributed by atoms with Gasteiger partial charge in [-0.15, -0.1) is 36.2 Å². The van der Waals surface area contributed by atoms with Crippen molar-refractivity contribution in [2.24, 2.45) is 5.73 Å². The topological polar surface area (TPSA) is 71.8 Å². The van der Waals surface area contributed by atoms with Crippen molar-refractivity contribution in [3.05, 3.63) is 33.9 Å². The van der Waals surface area contributed by atoms with Gasteiger partial charge in [-0.2, -0.15) is 0 Å². The van der Waals surface area contributed by atoms with Crippen molar-refractivity contribution in [2.45, 2.75) is 5.16 Å². The minimum Gasteiger partial charge on any atom is -0.330 e. The summed E-state index contributed by atoms with van der Waals surface area (Å²) < 4.78 is 0. The SMILES string of the molecule is Cl.Cl.NCCSc1nc(-c2cccs2)cc(=O)[nH]1. The van der Waals surface area contributed by atoms with E-state index in [9.17, 15) is 4.79 Å². The van der Waals surface area contributed by atoms with Gasteiger partial charge in [-0.1, -0.05) is 17.8 Å². The molecule has 0 unspecified atom stereocenters. The maximum atomic E-state index is 11.4. The summed E-state index contributed by atoms with van der Waals surface area (Å²) in [6.45, 7) is 0.567. The van der Waals surface area contributed by atoms with Crippen LogP contribution < -0.4 is 11.3 Å². The number of halogens is 2. The van der Waals surface area contributed by atoms with E-state index in [0.717, 1.165) is 16.3 Å². The minimum absolute atomic E-state index is 0. The molecule has 8 heteroatoms. The van der Waals surface area contributed by atoms with Crippen LogP contribution in [-0.2, 0) is 0 Å². The standard InChI is InChI=1S/C10H11N3OS2.2ClH/c11-3-5-16-10-12-7(6-9(14)13-10)8-2-1-4-15-8;;/h1-2,4,6H,3,5,11H2,(H,12,13,14);2*1H. The second kappa shape index (κ2) is 8.55. The third kappa shape index (κ3) is 4.62. The molecule has 0 spiro atoms. The molecule has 0 bridgehead atoms. The van der Waals surface area contributed by atoms with Crippen LogP contribution in [0.15, 0.2) is 33.5 Å². The highest BCUT2D eigenvalue weighted by molar-refractivity contribution is 7.99. The number of aromatic amines is 1. The lowest BCUT2D eigenvalue weighted by molar-refractivity contribution is 0.942. The Morgan fingerprint density at radius 2 is 2.22 bits per heavy atom. The average molecular weight is 326 g/mol. The Hall–Kier alpha value is -0.530. The Kier molecular flexibility index (Phi) is 8.30. The third-order valence-electron chi connectivity index (χ3n) is 1.85. The van der Waals surface area contributed by atoms with Gasteiger partial charge in [0.25, 0.3) is 5.56 Å². The molecule has 0 amide bonds. The number of aromatic nitrogens is 2. The van der Waals surface area contributed by atoms with Crippen molar-refractivity contribution in [2.75, 3.05) is 12.3 Å². The van der Waals surface area contributed by atoms with Crippen molar-refractivity contribution < 1.29 is 0 Å². The summed E-state index contributed by atoms with van der Waals surface area (Å²) in [6.07, 6.45) is 0. The zero-order valence-corrected chi connectivity index (χ0v) is 12.6. The van der Waals surface area contributed by atoms with Crippen LogP contribution in [0.5, 0.6) is 0 Å². The fourth-order valence-electron chi connectivity index (χ4n) is 1.21. The van der Waals surface area contributed by atoms with Crippen LogP contribution >= 0.6 is 47.9 Å². The van der Waals surface area contributed by atoms with E-state index in [1.807, 2.05) is 17.5 Å². The molecule has 2 heterocycles. The summed E-state index contributed by atoms with van der Waals surface area (Å²) in [5.74, 6) is 0.747. The maximum absolute atomic E-state index is 11.4. The number of H-pyrrole nitrogens is 1. The highest BCUT2D eigenvalue weighted by Crippen LogP contribution is 2.22. The quantitative estimate of drug-likeness (QED) is 0.668. The van der Waals surface area contributed by atoms with Gasteiger partial charge in [0.1, 0.15) is 0 Å². The second-order valence-electron chi connectivity index (χ2n) is 3.05. The number of hydrogen-bond acceptors (Lipinski definition) is 5. The van der Waals surface area contributed by atoms with E-state index in [1.165, 1.54) is 17.8 Å². The van der Waals surface area contributed by atoms with Crippen LogP contribution in [0.2, 0.25) is 0 Å². The van der Waals surface area contributed by atoms with E-state index in [2.05, 4.69) is 9.97 Å². The number of thioether (sulfide) groups is 1. The molecule has 18 heavy (non-hydrogen) atoms. The molecule has 0 aromatic carbocycles. The lowest BCUT2D eigenvalue weighted by Crippen LogP contribution is -2.09. The van der Waals surface area contributed by atoms with Gasteiger partial charge < -0.3 is 10.7 Å². The molecule has 0 aliphatic rings. The predicted molar refractivity (Wildman–Crippen MR) is 82.4 cm³/mol. The number of nitrogens with one attached hydrogen (secondary N) is 1. The summed E-state index contributed by atoms with van der Waals surface area (Å²) in [4.78, 5) is 19.5. The fourth-order valence-corrected chi connectivity index (χ4v) is 2.54. The highest BCUT2D eigenvalue weighted by atomic mass is 35.5. The van der Waals surface area contributed by atoms with Gasteiger partial charge in [0.2, 0.25) is 0 Å². The number of hydrogen-bond donors (Lipinski definition) is 2. The number of thiophene rings is 1. The van der Waals surface area contributed by atoms with Crippen molar-refractivity contribution >= 4 is 47.9 Å². The minimum atomic E-state index is -0.127. The van der Waals surface area contributed by atoms with Gasteiger partial charge in [0, 0.05) is 18.4 Å². The van der Waals surface area contributed by atoms with Crippen LogP contribution in [0.25, 0.3) is 10.6 Å². The molecule has 0 aliphatic heterocycles. The second-order valence-corrected chi connectivity index (χ2v) is 5.08. The molecule has 2 aromatic rings. The smallest absolute Gasteiger partial charge is 0.252 e. The van der Waals surface area contributed by atoms with Crippen LogP contribution in [0.3, 0.4) is 0 Å². The molecule has 0 saturated carbocycles. The first-order valence-electron chi connectivity index (χ1n) is 4.77. The monoisotopic (exact) mass is 325 g/mol. The lowest BCUT2D eigenvalue weighted by Gasteiger charge is -2.01. The Morgan fingerprint density at radius 3 is 2.83 bits per heavy atom. The molecule has 0 saturated heterocycles. The summed E-state index contributed by atoms with van der Waals surface area (Å²) in [6, 6.07) is 5.40. The zero-order valence-electron chi connectivity index (χ0n) is 9.29. The van der Waals surface area contributed by atoms with E-state index in [-0.39, 0.29) is 30.4 Å². The van der Waals surface area contributed by atoms with Crippen LogP contribution in [0, 0.1) is 0 Å². The molecule has 0 fully saturated rings. The average Bonchev–Trinajstić information content (AvgIpc) is 2.79. The van der Waals surface area contributed by atoms with Crippen LogP contribution in [0.4, 0.5) is 0 Å². The van der Waals surface area contributed by atoms with Gasteiger partial charge >= 0.3 is 0 Å². The van der Waals surface area contributed by atoms with E-state index >= 15 is 0 Å². The molecular weight excluding hydrogens is 313 g/mol. The van der Waals surface area contributed by atoms with Gasteiger partial charge in [0.05, 0.1) is 10.6 Å². The molecule has 4 nitrogen and oxygen atoms in total. The normalized spacial score (nSPS) is 9.39. The molecule has 0 radical (unpaired) electrons. The first-order chi connectivity index (χ1) is 7.79. The third-order valence-corrected chi connectivity index (χ3v) is 3.65. The van der Waals surface area contributed by atoms with Crippen molar-refractivity contribution in [1.82, 2.24) is 9.97 Å². The molecule has 2 rings (SSSR count). The Morgan fingerprint density at radius 1 is 1.44 bits per heavy atom. The Labute approximate surface area is 125 Å². The number of nitrogens with zero attached hydrogens (tertiary/aromatic N) is 1. The molecular formula is C10H13Cl2N3OS2. The van der Waals surface area contributed by atoms with E-state index in [0.29, 0.717) is 11.7 Å². The molecule has 3 N–H and O–H groups in total. The van der Waals surface area contributed by atoms with Crippen molar-refractivity contribution in [1.29, 1.82) is 0 Å². The van der Waals surface area contributed by atoms with E-state index in [1.54, 1.807) is 11.3 Å². The van der Waals surface area contributed by atoms with Gasteiger partial charge in [0.15, 0.2) is 5.16 Å². The fraction of sp³-hybridized carbons (Fsp3) is 0.200. The largest absolute Gasteiger partial charge is 0.330 e. The van der Waals surface area contributed by atoms with E-state index < -0.39 is 0 Å². The predicted octanol–water partition coefficient (Wildman–Crippen LogP) is 2.39. The first-order valence-corrected chi connectivity index (χ1v) is 6.64. The number of nitrogens with two attached hydrogens (primary N) is 1.